The molecule has 8 heteroatoms. The molecular formula is C28H30F2N4O2. The van der Waals surface area contributed by atoms with Crippen LogP contribution in [0.1, 0.15) is 17.5 Å². The predicted molar refractivity (Wildman–Crippen MR) is 137 cm³/mol. The van der Waals surface area contributed by atoms with Crippen LogP contribution >= 0.6 is 0 Å². The molecule has 0 saturated heterocycles. The van der Waals surface area contributed by atoms with Crippen molar-refractivity contribution in [1.82, 2.24) is 14.9 Å². The van der Waals surface area contributed by atoms with Crippen molar-refractivity contribution in [3.05, 3.63) is 95.7 Å². The summed E-state index contributed by atoms with van der Waals surface area (Å²) >= 11 is 0. The molecule has 0 fully saturated rings. The molecule has 188 valence electrons. The van der Waals surface area contributed by atoms with Crippen LogP contribution in [0.4, 0.5) is 8.78 Å². The Morgan fingerprint density at radius 1 is 1.03 bits per heavy atom. The fraction of sp³-hybridized carbons (Fsp3) is 0.286. The molecule has 0 saturated carbocycles. The van der Waals surface area contributed by atoms with E-state index in [1.165, 1.54) is 12.1 Å². The number of hydrogen-bond acceptors (Lipinski definition) is 6. The van der Waals surface area contributed by atoms with E-state index in [2.05, 4.69) is 15.0 Å². The van der Waals surface area contributed by atoms with Gasteiger partial charge < -0.3 is 14.4 Å². The maximum absolute atomic E-state index is 13.8. The molecule has 0 bridgehead atoms. The SMILES string of the molecule is CN(C)CCCOc1ccc(-c2cccc(CN3COC/C=C\C(c4cc(F)cc(F)c4)=N/3)c2)nc1. The van der Waals surface area contributed by atoms with Crippen molar-refractivity contribution in [2.24, 2.45) is 5.10 Å². The van der Waals surface area contributed by atoms with Gasteiger partial charge in [-0.2, -0.15) is 5.10 Å². The van der Waals surface area contributed by atoms with Crippen molar-refractivity contribution < 1.29 is 18.3 Å². The van der Waals surface area contributed by atoms with Gasteiger partial charge in [-0.3, -0.25) is 9.99 Å². The number of ether oxygens (including phenoxy) is 2. The fourth-order valence-electron chi connectivity index (χ4n) is 3.78. The quantitative estimate of drug-likeness (QED) is 0.389. The molecule has 1 aliphatic heterocycles. The van der Waals surface area contributed by atoms with E-state index in [1.54, 1.807) is 23.4 Å². The summed E-state index contributed by atoms with van der Waals surface area (Å²) in [6, 6.07) is 15.3. The number of halogens is 2. The molecule has 1 aromatic heterocycles. The Morgan fingerprint density at radius 2 is 1.86 bits per heavy atom. The maximum atomic E-state index is 13.8. The zero-order valence-electron chi connectivity index (χ0n) is 20.5. The molecule has 0 radical (unpaired) electrons. The van der Waals surface area contributed by atoms with Gasteiger partial charge >= 0.3 is 0 Å². The Morgan fingerprint density at radius 3 is 2.61 bits per heavy atom. The third-order valence-electron chi connectivity index (χ3n) is 5.48. The lowest BCUT2D eigenvalue weighted by molar-refractivity contribution is 0.0396. The van der Waals surface area contributed by atoms with E-state index < -0.39 is 11.6 Å². The standard InChI is InChI=1S/C28H30F2N4O2/c1-33(2)11-5-13-36-26-9-10-27(31-18-26)22-7-3-6-21(14-22)19-34-20-35-12-4-8-28(32-34)23-15-24(29)17-25(30)16-23/h3-4,6-10,14-18H,5,11-13,19-20H2,1-2H3/b8-4-,32-28+. The van der Waals surface area contributed by atoms with Gasteiger partial charge in [0.1, 0.15) is 24.1 Å². The minimum Gasteiger partial charge on any atom is -0.492 e. The van der Waals surface area contributed by atoms with Gasteiger partial charge in [0.2, 0.25) is 0 Å². The Kier molecular flexibility index (Phi) is 8.76. The summed E-state index contributed by atoms with van der Waals surface area (Å²) in [5.41, 5.74) is 3.65. The highest BCUT2D eigenvalue weighted by Crippen LogP contribution is 2.22. The van der Waals surface area contributed by atoms with Crippen LogP contribution in [0.5, 0.6) is 5.75 Å². The molecule has 36 heavy (non-hydrogen) atoms. The first kappa shape index (κ1) is 25.5. The van der Waals surface area contributed by atoms with Crippen molar-refractivity contribution >= 4 is 5.71 Å². The maximum Gasteiger partial charge on any atom is 0.137 e. The topological polar surface area (TPSA) is 50.2 Å². The molecule has 3 aromatic rings. The van der Waals surface area contributed by atoms with Crippen molar-refractivity contribution in [3.8, 4) is 17.0 Å². The first-order valence-electron chi connectivity index (χ1n) is 11.8. The molecule has 2 heterocycles. The molecule has 4 rings (SSSR count). The average Bonchev–Trinajstić information content (AvgIpc) is 2.83. The molecule has 0 unspecified atom stereocenters. The van der Waals surface area contributed by atoms with Gasteiger partial charge in [-0.25, -0.2) is 8.78 Å². The van der Waals surface area contributed by atoms with Crippen LogP contribution < -0.4 is 4.74 Å². The molecular weight excluding hydrogens is 462 g/mol. The van der Waals surface area contributed by atoms with Crippen LogP contribution in [0.25, 0.3) is 11.3 Å². The first-order valence-corrected chi connectivity index (χ1v) is 11.8. The van der Waals surface area contributed by atoms with Gasteiger partial charge in [0.05, 0.1) is 37.4 Å². The summed E-state index contributed by atoms with van der Waals surface area (Å²) < 4.78 is 39.0. The summed E-state index contributed by atoms with van der Waals surface area (Å²) in [7, 11) is 4.08. The van der Waals surface area contributed by atoms with Gasteiger partial charge in [0.25, 0.3) is 0 Å². The van der Waals surface area contributed by atoms with Crippen molar-refractivity contribution in [2.75, 3.05) is 40.6 Å². The van der Waals surface area contributed by atoms with Gasteiger partial charge in [-0.05, 0) is 62.5 Å². The van der Waals surface area contributed by atoms with E-state index in [4.69, 9.17) is 9.47 Å². The molecule has 0 spiro atoms. The Labute approximate surface area is 210 Å². The molecule has 1 aliphatic rings. The normalized spacial score (nSPS) is 16.2. The highest BCUT2D eigenvalue weighted by molar-refractivity contribution is 6.08. The monoisotopic (exact) mass is 492 g/mol. The van der Waals surface area contributed by atoms with E-state index in [0.29, 0.717) is 31.0 Å². The summed E-state index contributed by atoms with van der Waals surface area (Å²) in [4.78, 5) is 6.69. The van der Waals surface area contributed by atoms with Crippen LogP contribution in [-0.2, 0) is 11.3 Å². The number of benzene rings is 2. The zero-order valence-corrected chi connectivity index (χ0v) is 20.5. The van der Waals surface area contributed by atoms with Gasteiger partial charge in [0.15, 0.2) is 0 Å². The van der Waals surface area contributed by atoms with E-state index in [1.807, 2.05) is 50.5 Å². The zero-order chi connectivity index (χ0) is 25.3. The smallest absolute Gasteiger partial charge is 0.137 e. The summed E-state index contributed by atoms with van der Waals surface area (Å²) in [5, 5.41) is 6.35. The Hall–Kier alpha value is -3.62. The van der Waals surface area contributed by atoms with Crippen LogP contribution in [-0.4, -0.2) is 61.2 Å². The molecule has 0 aliphatic carbocycles. The van der Waals surface area contributed by atoms with Crippen LogP contribution in [0.3, 0.4) is 0 Å². The number of hydrogen-bond donors (Lipinski definition) is 0. The third-order valence-corrected chi connectivity index (χ3v) is 5.48. The molecule has 6 nitrogen and oxygen atoms in total. The van der Waals surface area contributed by atoms with Crippen molar-refractivity contribution in [1.29, 1.82) is 0 Å². The second-order valence-corrected chi connectivity index (χ2v) is 8.79. The fourth-order valence-corrected chi connectivity index (χ4v) is 3.78. The number of allylic oxidation sites excluding steroid dienone is 1. The number of rotatable bonds is 9. The van der Waals surface area contributed by atoms with Gasteiger partial charge in [-0.1, -0.05) is 24.3 Å². The van der Waals surface area contributed by atoms with Crippen LogP contribution in [0, 0.1) is 11.6 Å². The Bertz CT molecular complexity index is 1190. The Balaban J connectivity index is 1.46. The predicted octanol–water partition coefficient (Wildman–Crippen LogP) is 5.11. The van der Waals surface area contributed by atoms with Crippen molar-refractivity contribution in [3.63, 3.8) is 0 Å². The number of pyridine rings is 1. The van der Waals surface area contributed by atoms with E-state index >= 15 is 0 Å². The van der Waals surface area contributed by atoms with Crippen LogP contribution in [0.2, 0.25) is 0 Å². The van der Waals surface area contributed by atoms with E-state index in [0.717, 1.165) is 41.6 Å². The first-order chi connectivity index (χ1) is 17.5. The molecule has 0 atom stereocenters. The van der Waals surface area contributed by atoms with Gasteiger partial charge in [-0.15, -0.1) is 0 Å². The second-order valence-electron chi connectivity index (χ2n) is 8.79. The van der Waals surface area contributed by atoms with Crippen LogP contribution in [0.15, 0.2) is 78.0 Å². The molecule has 2 aromatic carbocycles. The lowest BCUT2D eigenvalue weighted by Crippen LogP contribution is -2.24. The molecule has 0 N–H and O–H groups in total. The highest BCUT2D eigenvalue weighted by atomic mass is 19.1. The van der Waals surface area contributed by atoms with E-state index in [-0.39, 0.29) is 6.73 Å². The molecule has 0 amide bonds. The van der Waals surface area contributed by atoms with Gasteiger partial charge in [0, 0.05) is 23.7 Å². The highest BCUT2D eigenvalue weighted by Gasteiger charge is 2.12. The number of nitrogens with zero attached hydrogens (tertiary/aromatic N) is 4. The minimum absolute atomic E-state index is 0.244. The lowest BCUT2D eigenvalue weighted by atomic mass is 10.1. The van der Waals surface area contributed by atoms with Crippen molar-refractivity contribution in [2.45, 2.75) is 13.0 Å². The minimum atomic E-state index is -0.642. The third kappa shape index (κ3) is 7.44. The second kappa shape index (κ2) is 12.4. The number of aromatic nitrogens is 1. The summed E-state index contributed by atoms with van der Waals surface area (Å²) in [5.74, 6) is -0.539. The largest absolute Gasteiger partial charge is 0.492 e. The summed E-state index contributed by atoms with van der Waals surface area (Å²) in [6.07, 6.45) is 6.18. The summed E-state index contributed by atoms with van der Waals surface area (Å²) in [6.45, 7) is 2.69. The number of hydrazone groups is 1. The lowest BCUT2D eigenvalue weighted by Gasteiger charge is -2.22. The average molecular weight is 493 g/mol. The van der Waals surface area contributed by atoms with E-state index in [9.17, 15) is 8.78 Å².